The Morgan fingerprint density at radius 1 is 1.25 bits per heavy atom. The molecule has 1 aromatic rings. The first-order chi connectivity index (χ1) is 9.52. The number of hydrogen-bond donors (Lipinski definition) is 3. The quantitative estimate of drug-likeness (QED) is 0.672. The van der Waals surface area contributed by atoms with Crippen molar-refractivity contribution in [1.82, 2.24) is 0 Å². The lowest BCUT2D eigenvalue weighted by Gasteiger charge is -2.06. The summed E-state index contributed by atoms with van der Waals surface area (Å²) in [5.41, 5.74) is 6.49. The van der Waals surface area contributed by atoms with E-state index in [-0.39, 0.29) is 12.5 Å². The molecule has 6 nitrogen and oxygen atoms in total. The predicted octanol–water partition coefficient (Wildman–Crippen LogP) is 0.562. The predicted molar refractivity (Wildman–Crippen MR) is 69.8 cm³/mol. The Hall–Kier alpha value is -1.92. The van der Waals surface area contributed by atoms with E-state index in [0.717, 1.165) is 5.56 Å². The third-order valence-corrected chi connectivity index (χ3v) is 3.64. The van der Waals surface area contributed by atoms with Gasteiger partial charge in [-0.1, -0.05) is 30.3 Å². The molecule has 0 heterocycles. The van der Waals surface area contributed by atoms with Crippen LogP contribution in [0.5, 0.6) is 0 Å². The normalized spacial score (nSPS) is 25.9. The number of aliphatic carboxylic acids is 2. The van der Waals surface area contributed by atoms with Crippen molar-refractivity contribution >= 4 is 11.9 Å². The van der Waals surface area contributed by atoms with Crippen molar-refractivity contribution in [1.29, 1.82) is 0 Å². The van der Waals surface area contributed by atoms with E-state index in [9.17, 15) is 9.59 Å². The van der Waals surface area contributed by atoms with E-state index >= 15 is 0 Å². The van der Waals surface area contributed by atoms with Gasteiger partial charge in [0, 0.05) is 11.8 Å². The van der Waals surface area contributed by atoms with Gasteiger partial charge >= 0.3 is 11.9 Å². The van der Waals surface area contributed by atoms with E-state index < -0.39 is 29.8 Å². The molecule has 0 aliphatic heterocycles. The SMILES string of the molecule is N[C@H](C(=O)O)C1C(COCc2ccccc2)C1C(=O)O. The van der Waals surface area contributed by atoms with Gasteiger partial charge in [-0.3, -0.25) is 9.59 Å². The van der Waals surface area contributed by atoms with E-state index in [2.05, 4.69) is 0 Å². The van der Waals surface area contributed by atoms with E-state index in [1.54, 1.807) is 0 Å². The number of ether oxygens (including phenoxy) is 1. The molecule has 1 aliphatic carbocycles. The first-order valence-corrected chi connectivity index (χ1v) is 6.35. The van der Waals surface area contributed by atoms with E-state index in [4.69, 9.17) is 20.7 Å². The minimum absolute atomic E-state index is 0.206. The zero-order chi connectivity index (χ0) is 14.7. The fourth-order valence-corrected chi connectivity index (χ4v) is 2.50. The number of carboxylic acid groups (broad SMARTS) is 2. The fraction of sp³-hybridized carbons (Fsp3) is 0.429. The molecule has 1 aliphatic rings. The molecule has 6 heteroatoms. The molecule has 0 amide bonds. The van der Waals surface area contributed by atoms with Crippen LogP contribution in [0.25, 0.3) is 0 Å². The summed E-state index contributed by atoms with van der Waals surface area (Å²) in [6.45, 7) is 0.580. The Balaban J connectivity index is 1.86. The van der Waals surface area contributed by atoms with Gasteiger partial charge in [0.1, 0.15) is 6.04 Å². The van der Waals surface area contributed by atoms with Gasteiger partial charge in [0.05, 0.1) is 19.1 Å². The largest absolute Gasteiger partial charge is 0.481 e. The zero-order valence-electron chi connectivity index (χ0n) is 10.8. The highest BCUT2D eigenvalue weighted by molar-refractivity contribution is 5.80. The molecule has 20 heavy (non-hydrogen) atoms. The standard InChI is InChI=1S/C14H17NO5/c15-12(14(18)19)10-9(11(10)13(16)17)7-20-6-8-4-2-1-3-5-8/h1-5,9-12H,6-7,15H2,(H,16,17)(H,18,19)/t9?,10?,11?,12-/m0/s1. The molecule has 3 unspecified atom stereocenters. The minimum atomic E-state index is -1.17. The van der Waals surface area contributed by atoms with Gasteiger partial charge in [0.15, 0.2) is 0 Å². The molecule has 1 fully saturated rings. The zero-order valence-corrected chi connectivity index (χ0v) is 10.8. The lowest BCUT2D eigenvalue weighted by Crippen LogP contribution is -2.34. The molecule has 2 rings (SSSR count). The van der Waals surface area contributed by atoms with Gasteiger partial charge in [-0.25, -0.2) is 0 Å². The van der Waals surface area contributed by atoms with Gasteiger partial charge in [-0.05, 0) is 5.56 Å². The van der Waals surface area contributed by atoms with Gasteiger partial charge < -0.3 is 20.7 Å². The number of nitrogens with two attached hydrogens (primary N) is 1. The van der Waals surface area contributed by atoms with Crippen LogP contribution in [0.2, 0.25) is 0 Å². The molecular weight excluding hydrogens is 262 g/mol. The summed E-state index contributed by atoms with van der Waals surface area (Å²) in [5, 5.41) is 17.9. The van der Waals surface area contributed by atoms with Crippen LogP contribution < -0.4 is 5.73 Å². The van der Waals surface area contributed by atoms with Crippen molar-refractivity contribution in [2.45, 2.75) is 12.6 Å². The molecular formula is C14H17NO5. The molecule has 0 radical (unpaired) electrons. The molecule has 0 saturated heterocycles. The summed E-state index contributed by atoms with van der Waals surface area (Å²) in [5.74, 6) is -3.80. The van der Waals surface area contributed by atoms with Crippen LogP contribution in [0, 0.1) is 17.8 Å². The molecule has 0 aromatic heterocycles. The maximum Gasteiger partial charge on any atom is 0.320 e. The van der Waals surface area contributed by atoms with Crippen LogP contribution in [-0.2, 0) is 20.9 Å². The summed E-state index contributed by atoms with van der Waals surface area (Å²) in [7, 11) is 0. The van der Waals surface area contributed by atoms with Crippen LogP contribution >= 0.6 is 0 Å². The smallest absolute Gasteiger partial charge is 0.320 e. The van der Waals surface area contributed by atoms with Crippen molar-refractivity contribution in [2.75, 3.05) is 6.61 Å². The topological polar surface area (TPSA) is 110 Å². The molecule has 1 aromatic carbocycles. The third-order valence-electron chi connectivity index (χ3n) is 3.64. The summed E-state index contributed by atoms with van der Waals surface area (Å²) < 4.78 is 5.47. The maximum absolute atomic E-state index is 11.0. The lowest BCUT2D eigenvalue weighted by molar-refractivity contribution is -0.140. The Kier molecular flexibility index (Phi) is 4.36. The Bertz CT molecular complexity index is 490. The third kappa shape index (κ3) is 3.15. The van der Waals surface area contributed by atoms with Crippen molar-refractivity contribution in [3.05, 3.63) is 35.9 Å². The molecule has 4 N–H and O–H groups in total. The van der Waals surface area contributed by atoms with Gasteiger partial charge in [-0.2, -0.15) is 0 Å². The summed E-state index contributed by atoms with van der Waals surface area (Å²) in [6.07, 6.45) is 0. The second-order valence-corrected chi connectivity index (χ2v) is 4.97. The number of hydrogen-bond acceptors (Lipinski definition) is 4. The molecule has 4 atom stereocenters. The van der Waals surface area contributed by atoms with Crippen molar-refractivity contribution < 1.29 is 24.5 Å². The van der Waals surface area contributed by atoms with Crippen LogP contribution in [0.15, 0.2) is 30.3 Å². The first-order valence-electron chi connectivity index (χ1n) is 6.35. The van der Waals surface area contributed by atoms with Crippen molar-refractivity contribution in [2.24, 2.45) is 23.5 Å². The summed E-state index contributed by atoms with van der Waals surface area (Å²) in [6, 6.07) is 8.33. The van der Waals surface area contributed by atoms with Gasteiger partial charge in [0.2, 0.25) is 0 Å². The average Bonchev–Trinajstić information content (AvgIpc) is 3.13. The minimum Gasteiger partial charge on any atom is -0.481 e. The first kappa shape index (κ1) is 14.5. The number of carboxylic acids is 2. The van der Waals surface area contributed by atoms with E-state index in [1.165, 1.54) is 0 Å². The van der Waals surface area contributed by atoms with Crippen molar-refractivity contribution in [3.63, 3.8) is 0 Å². The van der Waals surface area contributed by atoms with Crippen LogP contribution in [0.1, 0.15) is 5.56 Å². The average molecular weight is 279 g/mol. The number of carbonyl (C=O) groups is 2. The van der Waals surface area contributed by atoms with Crippen molar-refractivity contribution in [3.8, 4) is 0 Å². The fourth-order valence-electron chi connectivity index (χ4n) is 2.50. The van der Waals surface area contributed by atoms with Gasteiger partial charge in [0.25, 0.3) is 0 Å². The van der Waals surface area contributed by atoms with Crippen LogP contribution in [0.3, 0.4) is 0 Å². The molecule has 1 saturated carbocycles. The second kappa shape index (κ2) is 6.02. The lowest BCUT2D eigenvalue weighted by atomic mass is 10.1. The van der Waals surface area contributed by atoms with Gasteiger partial charge in [-0.15, -0.1) is 0 Å². The summed E-state index contributed by atoms with van der Waals surface area (Å²) in [4.78, 5) is 21.9. The van der Waals surface area contributed by atoms with E-state index in [0.29, 0.717) is 6.61 Å². The summed E-state index contributed by atoms with van der Waals surface area (Å²) >= 11 is 0. The van der Waals surface area contributed by atoms with E-state index in [1.807, 2.05) is 30.3 Å². The monoisotopic (exact) mass is 279 g/mol. The molecule has 0 spiro atoms. The van der Waals surface area contributed by atoms with Crippen LogP contribution in [-0.4, -0.2) is 34.8 Å². The highest BCUT2D eigenvalue weighted by atomic mass is 16.5. The highest BCUT2D eigenvalue weighted by Crippen LogP contribution is 2.48. The Morgan fingerprint density at radius 2 is 1.90 bits per heavy atom. The van der Waals surface area contributed by atoms with Crippen LogP contribution in [0.4, 0.5) is 0 Å². The second-order valence-electron chi connectivity index (χ2n) is 4.97. The number of rotatable bonds is 7. The molecule has 108 valence electrons. The Morgan fingerprint density at radius 3 is 2.45 bits per heavy atom. The molecule has 0 bridgehead atoms. The number of benzene rings is 1. The Labute approximate surface area is 116 Å². The highest BCUT2D eigenvalue weighted by Gasteiger charge is 2.59. The maximum atomic E-state index is 11.0.